The van der Waals surface area contributed by atoms with Gasteiger partial charge in [-0.05, 0) is 42.0 Å². The van der Waals surface area contributed by atoms with Crippen molar-refractivity contribution < 1.29 is 9.53 Å². The molecule has 0 bridgehead atoms. The minimum Gasteiger partial charge on any atom is -0.469 e. The first kappa shape index (κ1) is 12.7. The van der Waals surface area contributed by atoms with Crippen molar-refractivity contribution in [3.05, 3.63) is 36.0 Å². The van der Waals surface area contributed by atoms with E-state index in [0.29, 0.717) is 6.42 Å². The number of aryl methyl sites for hydroxylation is 2. The predicted molar refractivity (Wildman–Crippen MR) is 72.6 cm³/mol. The van der Waals surface area contributed by atoms with Gasteiger partial charge in [0.1, 0.15) is 0 Å². The largest absolute Gasteiger partial charge is 0.469 e. The van der Waals surface area contributed by atoms with Gasteiger partial charge in [0.15, 0.2) is 0 Å². The summed E-state index contributed by atoms with van der Waals surface area (Å²) in [6, 6.07) is 8.68. The Balaban J connectivity index is 2.07. The van der Waals surface area contributed by atoms with Gasteiger partial charge in [0, 0.05) is 24.7 Å². The first-order chi connectivity index (χ1) is 8.74. The maximum Gasteiger partial charge on any atom is 0.305 e. The molecule has 0 fully saturated rings. The van der Waals surface area contributed by atoms with E-state index in [0.717, 1.165) is 19.4 Å². The Bertz CT molecular complexity index is 542. The molecule has 0 radical (unpaired) electrons. The van der Waals surface area contributed by atoms with E-state index >= 15 is 0 Å². The SMILES string of the molecule is CCc1ccc2c(ccn2CCCC(=O)OC)c1. The Kier molecular flexibility index (Phi) is 4.03. The summed E-state index contributed by atoms with van der Waals surface area (Å²) in [6.07, 6.45) is 4.43. The van der Waals surface area contributed by atoms with Gasteiger partial charge >= 0.3 is 5.97 Å². The fraction of sp³-hybridized carbons (Fsp3) is 0.400. The second kappa shape index (κ2) is 5.71. The molecule has 0 N–H and O–H groups in total. The highest BCUT2D eigenvalue weighted by Crippen LogP contribution is 2.18. The molecule has 0 amide bonds. The number of aromatic nitrogens is 1. The van der Waals surface area contributed by atoms with E-state index in [1.165, 1.54) is 23.6 Å². The van der Waals surface area contributed by atoms with E-state index < -0.39 is 0 Å². The number of hydrogen-bond donors (Lipinski definition) is 0. The third kappa shape index (κ3) is 2.73. The van der Waals surface area contributed by atoms with Gasteiger partial charge < -0.3 is 9.30 Å². The molecule has 0 unspecified atom stereocenters. The Morgan fingerprint density at radius 2 is 2.17 bits per heavy atom. The summed E-state index contributed by atoms with van der Waals surface area (Å²) in [5.41, 5.74) is 2.59. The zero-order valence-electron chi connectivity index (χ0n) is 11.0. The summed E-state index contributed by atoms with van der Waals surface area (Å²) >= 11 is 0. The Hall–Kier alpha value is -1.77. The third-order valence-corrected chi connectivity index (χ3v) is 3.25. The average Bonchev–Trinajstić information content (AvgIpc) is 2.81. The highest BCUT2D eigenvalue weighted by Gasteiger charge is 2.04. The molecule has 1 heterocycles. The van der Waals surface area contributed by atoms with Crippen molar-refractivity contribution in [1.82, 2.24) is 4.57 Å². The average molecular weight is 245 g/mol. The zero-order chi connectivity index (χ0) is 13.0. The molecule has 0 aliphatic carbocycles. The number of methoxy groups -OCH3 is 1. The number of nitrogens with zero attached hydrogens (tertiary/aromatic N) is 1. The van der Waals surface area contributed by atoms with E-state index in [1.54, 1.807) is 0 Å². The molecule has 0 saturated carbocycles. The third-order valence-electron chi connectivity index (χ3n) is 3.25. The summed E-state index contributed by atoms with van der Waals surface area (Å²) in [4.78, 5) is 11.1. The van der Waals surface area contributed by atoms with Crippen LogP contribution in [0.3, 0.4) is 0 Å². The fourth-order valence-electron chi connectivity index (χ4n) is 2.16. The van der Waals surface area contributed by atoms with Gasteiger partial charge in [-0.25, -0.2) is 0 Å². The van der Waals surface area contributed by atoms with Gasteiger partial charge in [0.25, 0.3) is 0 Å². The van der Waals surface area contributed by atoms with Gasteiger partial charge in [-0.3, -0.25) is 4.79 Å². The molecule has 0 aliphatic heterocycles. The topological polar surface area (TPSA) is 31.2 Å². The summed E-state index contributed by atoms with van der Waals surface area (Å²) in [5.74, 6) is -0.139. The van der Waals surface area contributed by atoms with Crippen LogP contribution in [-0.2, 0) is 22.5 Å². The van der Waals surface area contributed by atoms with Crippen LogP contribution in [-0.4, -0.2) is 17.6 Å². The summed E-state index contributed by atoms with van der Waals surface area (Å²) < 4.78 is 6.83. The van der Waals surface area contributed by atoms with Crippen LogP contribution >= 0.6 is 0 Å². The van der Waals surface area contributed by atoms with Crippen molar-refractivity contribution in [1.29, 1.82) is 0 Å². The Labute approximate surface area is 107 Å². The molecule has 2 aromatic rings. The minimum absolute atomic E-state index is 0.139. The minimum atomic E-state index is -0.139. The molecule has 1 aromatic heterocycles. The van der Waals surface area contributed by atoms with Gasteiger partial charge in [0.05, 0.1) is 7.11 Å². The second-order valence-corrected chi connectivity index (χ2v) is 4.44. The highest BCUT2D eigenvalue weighted by atomic mass is 16.5. The number of rotatable bonds is 5. The first-order valence-electron chi connectivity index (χ1n) is 6.39. The van der Waals surface area contributed by atoms with Crippen LogP contribution in [0.25, 0.3) is 10.9 Å². The fourth-order valence-corrected chi connectivity index (χ4v) is 2.16. The molecule has 0 saturated heterocycles. The monoisotopic (exact) mass is 245 g/mol. The summed E-state index contributed by atoms with van der Waals surface area (Å²) in [7, 11) is 1.43. The van der Waals surface area contributed by atoms with Crippen molar-refractivity contribution in [3.8, 4) is 0 Å². The normalized spacial score (nSPS) is 10.8. The quantitative estimate of drug-likeness (QED) is 0.758. The molecule has 2 rings (SSSR count). The van der Waals surface area contributed by atoms with Crippen LogP contribution in [0, 0.1) is 0 Å². The summed E-state index contributed by atoms with van der Waals surface area (Å²) in [5, 5.41) is 1.27. The van der Waals surface area contributed by atoms with E-state index in [-0.39, 0.29) is 5.97 Å². The number of benzene rings is 1. The van der Waals surface area contributed by atoms with Crippen molar-refractivity contribution in [2.45, 2.75) is 32.7 Å². The lowest BCUT2D eigenvalue weighted by atomic mass is 10.1. The zero-order valence-corrected chi connectivity index (χ0v) is 11.0. The van der Waals surface area contributed by atoms with Crippen LogP contribution < -0.4 is 0 Å². The van der Waals surface area contributed by atoms with E-state index in [2.05, 4.69) is 46.7 Å². The van der Waals surface area contributed by atoms with Gasteiger partial charge in [-0.15, -0.1) is 0 Å². The van der Waals surface area contributed by atoms with E-state index in [4.69, 9.17) is 0 Å². The van der Waals surface area contributed by atoms with Crippen LogP contribution in [0.4, 0.5) is 0 Å². The maximum atomic E-state index is 11.1. The van der Waals surface area contributed by atoms with Crippen LogP contribution in [0.1, 0.15) is 25.3 Å². The molecule has 0 spiro atoms. The van der Waals surface area contributed by atoms with Crippen molar-refractivity contribution in [2.24, 2.45) is 0 Å². The molecular weight excluding hydrogens is 226 g/mol. The van der Waals surface area contributed by atoms with E-state index in [1.807, 2.05) is 0 Å². The molecule has 96 valence electrons. The molecule has 1 aromatic carbocycles. The molecule has 0 aliphatic rings. The lowest BCUT2D eigenvalue weighted by molar-refractivity contribution is -0.140. The number of hydrogen-bond acceptors (Lipinski definition) is 2. The van der Waals surface area contributed by atoms with Crippen molar-refractivity contribution >= 4 is 16.9 Å². The van der Waals surface area contributed by atoms with E-state index in [9.17, 15) is 4.79 Å². The first-order valence-corrected chi connectivity index (χ1v) is 6.39. The number of carbonyl (C=O) groups is 1. The number of ether oxygens (including phenoxy) is 1. The molecular formula is C15H19NO2. The van der Waals surface area contributed by atoms with Crippen molar-refractivity contribution in [2.75, 3.05) is 7.11 Å². The van der Waals surface area contributed by atoms with Gasteiger partial charge in [0.2, 0.25) is 0 Å². The molecule has 0 atom stereocenters. The molecule has 18 heavy (non-hydrogen) atoms. The number of fused-ring (bicyclic) bond motifs is 1. The van der Waals surface area contributed by atoms with Crippen LogP contribution in [0.5, 0.6) is 0 Å². The predicted octanol–water partition coefficient (Wildman–Crippen LogP) is 3.16. The number of esters is 1. The van der Waals surface area contributed by atoms with Crippen LogP contribution in [0.15, 0.2) is 30.5 Å². The molecule has 3 heteroatoms. The Morgan fingerprint density at radius 3 is 2.89 bits per heavy atom. The van der Waals surface area contributed by atoms with Gasteiger partial charge in [-0.1, -0.05) is 13.0 Å². The highest BCUT2D eigenvalue weighted by molar-refractivity contribution is 5.80. The lowest BCUT2D eigenvalue weighted by Crippen LogP contribution is -2.03. The maximum absolute atomic E-state index is 11.1. The van der Waals surface area contributed by atoms with Crippen LogP contribution in [0.2, 0.25) is 0 Å². The standard InChI is InChI=1S/C15H19NO2/c1-3-12-6-7-14-13(11-12)8-10-16(14)9-4-5-15(17)18-2/h6-8,10-11H,3-5,9H2,1-2H3. The van der Waals surface area contributed by atoms with Crippen molar-refractivity contribution in [3.63, 3.8) is 0 Å². The smallest absolute Gasteiger partial charge is 0.305 e. The second-order valence-electron chi connectivity index (χ2n) is 4.44. The Morgan fingerprint density at radius 1 is 1.33 bits per heavy atom. The summed E-state index contributed by atoms with van der Waals surface area (Å²) in [6.45, 7) is 3.01. The lowest BCUT2D eigenvalue weighted by Gasteiger charge is -2.05. The van der Waals surface area contributed by atoms with Gasteiger partial charge in [-0.2, -0.15) is 0 Å². The number of carbonyl (C=O) groups excluding carboxylic acids is 1. The molecule has 3 nitrogen and oxygen atoms in total.